The molecule has 398 valence electrons. The molecule has 0 N–H and O–H groups in total. The maximum absolute atomic E-state index is 14.6. The van der Waals surface area contributed by atoms with Crippen molar-refractivity contribution in [1.82, 2.24) is 9.55 Å². The van der Waals surface area contributed by atoms with E-state index < -0.39 is 48.7 Å². The Morgan fingerprint density at radius 3 is 1.97 bits per heavy atom. The van der Waals surface area contributed by atoms with Gasteiger partial charge in [-0.1, -0.05) is 159 Å². The van der Waals surface area contributed by atoms with Crippen molar-refractivity contribution in [2.75, 3.05) is 20.5 Å². The molecule has 0 radical (unpaired) electrons. The Kier molecular flexibility index (Phi) is 19.2. The molecule has 73 heavy (non-hydrogen) atoms. The van der Waals surface area contributed by atoms with Gasteiger partial charge in [0.15, 0.2) is 20.9 Å². The SMILES string of the molecule is COCOc1cc2c(ncn2C)c(C(CC[C@@H]2OC(C)(C)O[C@@H]2C(/C=C\[C@@H](C)[C@@H](C)O[Si](c2ccccc2)(c2ccccc2)C(C)(C)C)O[Si](C)(C)C(C)(C)C)Sc2ccccc2)c1C(=O)OCC[Si](C)(C)C. The first-order chi connectivity index (χ1) is 34.2. The average Bonchev–Trinajstić information content (AvgIpc) is 3.85. The average molecular weight is 1070 g/mol. The Morgan fingerprint density at radius 2 is 1.42 bits per heavy atom. The van der Waals surface area contributed by atoms with Crippen molar-refractivity contribution < 1.29 is 37.3 Å². The maximum Gasteiger partial charge on any atom is 0.342 e. The van der Waals surface area contributed by atoms with Gasteiger partial charge in [-0.3, -0.25) is 0 Å². The number of hydrogen-bond acceptors (Lipinski definition) is 10. The molecule has 4 aromatic carbocycles. The Bertz CT molecular complexity index is 2550. The molecule has 2 unspecified atom stereocenters. The quantitative estimate of drug-likeness (QED) is 0.0207. The predicted molar refractivity (Wildman–Crippen MR) is 308 cm³/mol. The van der Waals surface area contributed by atoms with Gasteiger partial charge in [0.1, 0.15) is 17.4 Å². The molecule has 0 spiro atoms. The van der Waals surface area contributed by atoms with E-state index in [1.54, 1.807) is 25.2 Å². The maximum atomic E-state index is 14.6. The van der Waals surface area contributed by atoms with Crippen LogP contribution in [0.1, 0.15) is 103 Å². The summed E-state index contributed by atoms with van der Waals surface area (Å²) >= 11 is 1.70. The van der Waals surface area contributed by atoms with Gasteiger partial charge in [0.05, 0.1) is 36.2 Å². The van der Waals surface area contributed by atoms with Gasteiger partial charge in [0.25, 0.3) is 8.32 Å². The second kappa shape index (κ2) is 24.0. The van der Waals surface area contributed by atoms with Gasteiger partial charge in [0, 0.05) is 50.1 Å². The number of ether oxygens (including phenoxy) is 5. The number of esters is 1. The highest BCUT2D eigenvalue weighted by Gasteiger charge is 2.52. The summed E-state index contributed by atoms with van der Waals surface area (Å²) in [6.45, 7) is 34.0. The molecule has 1 aromatic heterocycles. The van der Waals surface area contributed by atoms with Crippen LogP contribution in [0, 0.1) is 5.92 Å². The third-order valence-electron chi connectivity index (χ3n) is 14.6. The number of aryl methyl sites for hydroxylation is 1. The normalized spacial score (nSPS) is 18.5. The standard InChI is InChI=1S/C59H86N2O8SSi3/c1-42(43(2)68-73(58(6,7)8,45-29-23-19-24-30-45)46-31-25-20-26-32-46)33-34-49(69-72(16,17)57(3,4)5)55-48(66-59(9,10)67-55)35-36-51(70-44-27-21-18-22-28-44)53-52(56(62)64-37-38-71(13,14)15)50(65-41-63-12)39-47-54(53)60-40-61(47)11/h18-34,39-40,42-43,48-49,51,55H,35-38,41H2,1-17H3/b34-33-/t42-,43-,48+,49?,51?,55+/m1/s1. The molecule has 0 saturated carbocycles. The minimum Gasteiger partial charge on any atom is -0.467 e. The molecule has 1 aliphatic heterocycles. The van der Waals surface area contributed by atoms with Crippen molar-refractivity contribution in [1.29, 1.82) is 0 Å². The van der Waals surface area contributed by atoms with Crippen LogP contribution >= 0.6 is 11.8 Å². The number of thioether (sulfide) groups is 1. The lowest BCUT2D eigenvalue weighted by Crippen LogP contribution is -2.67. The van der Waals surface area contributed by atoms with Crippen LogP contribution in [-0.2, 0) is 34.8 Å². The van der Waals surface area contributed by atoms with E-state index in [1.807, 2.05) is 49.7 Å². The number of benzene rings is 4. The number of fused-ring (bicyclic) bond motifs is 1. The molecule has 0 bridgehead atoms. The van der Waals surface area contributed by atoms with E-state index in [4.69, 9.17) is 37.5 Å². The van der Waals surface area contributed by atoms with E-state index in [-0.39, 0.29) is 40.2 Å². The highest BCUT2D eigenvalue weighted by atomic mass is 32.2. The molecular weight excluding hydrogens is 981 g/mol. The molecule has 5 aromatic rings. The van der Waals surface area contributed by atoms with Crippen LogP contribution < -0.4 is 15.1 Å². The Labute approximate surface area is 445 Å². The van der Waals surface area contributed by atoms with Crippen molar-refractivity contribution in [3.63, 3.8) is 0 Å². The topological polar surface area (TPSA) is 99.5 Å². The summed E-state index contributed by atoms with van der Waals surface area (Å²) in [5, 5.41) is 1.99. The zero-order valence-corrected chi connectivity index (χ0v) is 50.9. The zero-order chi connectivity index (χ0) is 53.6. The first kappa shape index (κ1) is 58.4. The smallest absolute Gasteiger partial charge is 0.342 e. The van der Waals surface area contributed by atoms with Gasteiger partial charge in [-0.25, -0.2) is 9.78 Å². The van der Waals surface area contributed by atoms with Crippen molar-refractivity contribution in [2.24, 2.45) is 13.0 Å². The molecule has 0 aliphatic carbocycles. The Balaban J connectivity index is 1.40. The van der Waals surface area contributed by atoms with E-state index >= 15 is 0 Å². The summed E-state index contributed by atoms with van der Waals surface area (Å²) < 4.78 is 48.9. The number of hydrogen-bond donors (Lipinski definition) is 0. The Morgan fingerprint density at radius 1 is 0.836 bits per heavy atom. The molecular formula is C59H86N2O8SSi3. The molecule has 0 amide bonds. The Hall–Kier alpha value is -3.84. The number of rotatable bonds is 23. The fourth-order valence-corrected chi connectivity index (χ4v) is 17.4. The number of imidazole rings is 1. The summed E-state index contributed by atoms with van der Waals surface area (Å²) in [5.74, 6) is -0.900. The van der Waals surface area contributed by atoms with E-state index in [0.717, 1.165) is 27.5 Å². The van der Waals surface area contributed by atoms with Crippen LogP contribution in [0.3, 0.4) is 0 Å². The third kappa shape index (κ3) is 14.4. The molecule has 1 fully saturated rings. The fourth-order valence-electron chi connectivity index (χ4n) is 9.40. The van der Waals surface area contributed by atoms with Crippen molar-refractivity contribution >= 4 is 63.8 Å². The molecule has 6 atom stereocenters. The van der Waals surface area contributed by atoms with Crippen LogP contribution in [0.5, 0.6) is 5.75 Å². The predicted octanol–water partition coefficient (Wildman–Crippen LogP) is 13.7. The van der Waals surface area contributed by atoms with Crippen LogP contribution in [0.2, 0.25) is 48.9 Å². The molecule has 1 saturated heterocycles. The largest absolute Gasteiger partial charge is 0.467 e. The molecule has 6 rings (SSSR count). The van der Waals surface area contributed by atoms with Gasteiger partial charge >= 0.3 is 5.97 Å². The van der Waals surface area contributed by atoms with Gasteiger partial charge in [0.2, 0.25) is 0 Å². The van der Waals surface area contributed by atoms with Crippen molar-refractivity contribution in [3.8, 4) is 5.75 Å². The van der Waals surface area contributed by atoms with Gasteiger partial charge in [-0.2, -0.15) is 0 Å². The number of carbonyl (C=O) groups excluding carboxylic acids is 1. The summed E-state index contributed by atoms with van der Waals surface area (Å²) in [5.41, 5.74) is 2.71. The number of methoxy groups -OCH3 is 1. The van der Waals surface area contributed by atoms with Gasteiger partial charge in [-0.05, 0) is 91.3 Å². The third-order valence-corrected chi connectivity index (χ3v) is 27.2. The number of nitrogens with zero attached hydrogens (tertiary/aromatic N) is 2. The number of aromatic nitrogens is 2. The van der Waals surface area contributed by atoms with E-state index in [1.165, 1.54) is 10.4 Å². The first-order valence-corrected chi connectivity index (χ1v) is 35.6. The minimum absolute atomic E-state index is 0.0184. The van der Waals surface area contributed by atoms with Crippen LogP contribution in [0.25, 0.3) is 11.0 Å². The molecule has 10 nitrogen and oxygen atoms in total. The monoisotopic (exact) mass is 1070 g/mol. The lowest BCUT2D eigenvalue weighted by Gasteiger charge is -2.45. The molecule has 1 aliphatic rings. The second-order valence-electron chi connectivity index (χ2n) is 24.1. The van der Waals surface area contributed by atoms with Crippen LogP contribution in [0.4, 0.5) is 0 Å². The van der Waals surface area contributed by atoms with E-state index in [9.17, 15) is 4.79 Å². The highest BCUT2D eigenvalue weighted by Crippen LogP contribution is 2.48. The van der Waals surface area contributed by atoms with Crippen LogP contribution in [-0.4, -0.2) is 90.9 Å². The minimum atomic E-state index is -2.83. The van der Waals surface area contributed by atoms with Crippen molar-refractivity contribution in [3.05, 3.63) is 127 Å². The lowest BCUT2D eigenvalue weighted by atomic mass is 9.95. The summed E-state index contributed by atoms with van der Waals surface area (Å²) in [6, 6.07) is 34.7. The second-order valence-corrected chi connectivity index (χ2v) is 40.0. The molecule has 2 heterocycles. The fraction of sp³-hybridized carbons (Fsp3) is 0.525. The summed E-state index contributed by atoms with van der Waals surface area (Å²) in [7, 11) is -3.21. The van der Waals surface area contributed by atoms with Crippen molar-refractivity contribution in [2.45, 2.75) is 171 Å². The zero-order valence-electron chi connectivity index (χ0n) is 47.0. The van der Waals surface area contributed by atoms with Gasteiger partial charge in [-0.15, -0.1) is 11.8 Å². The van der Waals surface area contributed by atoms with E-state index in [0.29, 0.717) is 30.8 Å². The van der Waals surface area contributed by atoms with Gasteiger partial charge < -0.3 is 37.1 Å². The molecule has 14 heteroatoms. The van der Waals surface area contributed by atoms with E-state index in [2.05, 4.69) is 173 Å². The van der Waals surface area contributed by atoms with Crippen LogP contribution in [0.15, 0.2) is 120 Å². The number of carbonyl (C=O) groups is 1. The highest BCUT2D eigenvalue weighted by molar-refractivity contribution is 7.99. The first-order valence-electron chi connectivity index (χ1n) is 26.2. The summed E-state index contributed by atoms with van der Waals surface area (Å²) in [4.78, 5) is 20.7. The lowest BCUT2D eigenvalue weighted by molar-refractivity contribution is -0.152. The summed E-state index contributed by atoms with van der Waals surface area (Å²) in [6.07, 6.45) is 6.13.